The highest BCUT2D eigenvalue weighted by atomic mass is 35.7. The highest BCUT2D eigenvalue weighted by molar-refractivity contribution is 5.78. The lowest BCUT2D eigenvalue weighted by molar-refractivity contribution is -2.00. The van der Waals surface area contributed by atoms with E-state index in [9.17, 15) is 0 Å². The number of rotatable bonds is 1. The van der Waals surface area contributed by atoms with Gasteiger partial charge in [-0.1, -0.05) is 17.1 Å². The second-order valence-corrected chi connectivity index (χ2v) is 5.19. The van der Waals surface area contributed by atoms with Gasteiger partial charge in [-0.05, 0) is 26.0 Å². The minimum Gasteiger partial charge on any atom is -0.235 e. The van der Waals surface area contributed by atoms with Gasteiger partial charge in [-0.3, -0.25) is 0 Å². The molecule has 0 unspecified atom stereocenters. The smallest absolute Gasteiger partial charge is 0.235 e. The molecule has 0 N–H and O–H groups in total. The van der Waals surface area contributed by atoms with Crippen LogP contribution in [0.15, 0.2) is 36.7 Å². The van der Waals surface area contributed by atoms with Crippen LogP contribution in [0.3, 0.4) is 0 Å². The Labute approximate surface area is 123 Å². The van der Waals surface area contributed by atoms with Gasteiger partial charge in [-0.2, -0.15) is 4.40 Å². The van der Waals surface area contributed by atoms with Crippen molar-refractivity contribution in [3.8, 4) is 0 Å². The van der Waals surface area contributed by atoms with E-state index in [0.29, 0.717) is 0 Å². The monoisotopic (exact) mass is 311 g/mol. The van der Waals surface area contributed by atoms with Gasteiger partial charge in [-0.15, -0.1) is 10.2 Å². The summed E-state index contributed by atoms with van der Waals surface area (Å²) in [6, 6.07) is 8.24. The molecule has 3 aromatic rings. The van der Waals surface area contributed by atoms with Crippen molar-refractivity contribution in [2.75, 3.05) is 0 Å². The van der Waals surface area contributed by atoms with Gasteiger partial charge in [0, 0.05) is 5.56 Å². The average molecular weight is 312 g/mol. The van der Waals surface area contributed by atoms with Crippen molar-refractivity contribution in [3.63, 3.8) is 0 Å². The normalized spacial score (nSPS) is 11.5. The number of aryl methyl sites for hydroxylation is 2. The van der Waals surface area contributed by atoms with Crippen LogP contribution in [-0.2, 0) is 6.54 Å². The Bertz CT molecular complexity index is 761. The fourth-order valence-electron chi connectivity index (χ4n) is 2.13. The molecule has 2 heterocycles. The maximum Gasteiger partial charge on any atom is 0.404 e. The fourth-order valence-corrected chi connectivity index (χ4v) is 2.13. The summed E-state index contributed by atoms with van der Waals surface area (Å²) in [5.74, 6) is 1.01. The molecular weight excluding hydrogens is 298 g/mol. The van der Waals surface area contributed by atoms with Crippen molar-refractivity contribution < 1.29 is 33.4 Å². The fraction of sp³-hybridized carbons (Fsp3) is 0.231. The molecule has 0 spiro atoms. The lowest BCUT2D eigenvalue weighted by Gasteiger charge is -2.17. The van der Waals surface area contributed by atoms with Crippen LogP contribution in [0.1, 0.15) is 12.5 Å². The van der Waals surface area contributed by atoms with E-state index in [2.05, 4.69) is 58.4 Å². The summed E-state index contributed by atoms with van der Waals surface area (Å²) in [6.07, 6.45) is 4.28. The maximum atomic E-state index is 8.49. The predicted molar refractivity (Wildman–Crippen MR) is 63.3 cm³/mol. The Morgan fingerprint density at radius 2 is 1.81 bits per heavy atom. The van der Waals surface area contributed by atoms with Crippen LogP contribution in [-0.4, -0.2) is 9.38 Å². The first kappa shape index (κ1) is 15.6. The van der Waals surface area contributed by atoms with Crippen LogP contribution in [0.2, 0.25) is 0 Å². The van der Waals surface area contributed by atoms with E-state index in [0.717, 1.165) is 17.8 Å². The minimum atomic E-state index is -4.94. The van der Waals surface area contributed by atoms with Crippen LogP contribution in [0, 0.1) is 17.2 Å². The molecule has 0 radical (unpaired) electrons. The lowest BCUT2D eigenvalue weighted by atomic mass is 10.3. The molecule has 0 bridgehead atoms. The van der Waals surface area contributed by atoms with Gasteiger partial charge in [-0.25, -0.2) is 23.2 Å². The second-order valence-electron chi connectivity index (χ2n) is 4.44. The Balaban J connectivity index is 0.000000282. The number of nitrogens with zero attached hydrogens (tertiary/aromatic N) is 3. The van der Waals surface area contributed by atoms with Crippen LogP contribution >= 0.6 is 0 Å². The first-order chi connectivity index (χ1) is 9.79. The van der Waals surface area contributed by atoms with Gasteiger partial charge in [0.15, 0.2) is 5.52 Å². The summed E-state index contributed by atoms with van der Waals surface area (Å²) in [5, 5.41) is 0. The van der Waals surface area contributed by atoms with Gasteiger partial charge in [0.1, 0.15) is 5.52 Å². The summed E-state index contributed by atoms with van der Waals surface area (Å²) >= 11 is 0. The van der Waals surface area contributed by atoms with Gasteiger partial charge in [0.2, 0.25) is 0 Å². The predicted octanol–water partition coefficient (Wildman–Crippen LogP) is -2.65. The molecule has 0 fully saturated rings. The third-order valence-electron chi connectivity index (χ3n) is 2.87. The zero-order valence-corrected chi connectivity index (χ0v) is 12.3. The second kappa shape index (κ2) is 5.92. The number of hydrogen-bond acceptors (Lipinski definition) is 5. The zero-order valence-electron chi connectivity index (χ0n) is 11.5. The summed E-state index contributed by atoms with van der Waals surface area (Å²) in [6.45, 7) is 5.19. The first-order valence-corrected chi connectivity index (χ1v) is 7.41. The molecule has 0 saturated carbocycles. The molecule has 7 nitrogen and oxygen atoms in total. The molecule has 8 heteroatoms. The van der Waals surface area contributed by atoms with Crippen molar-refractivity contribution in [2.24, 2.45) is 0 Å². The van der Waals surface area contributed by atoms with E-state index in [1.807, 2.05) is 6.07 Å². The molecule has 21 heavy (non-hydrogen) atoms. The maximum absolute atomic E-state index is 8.49. The average Bonchev–Trinajstić information content (AvgIpc) is 2.74. The SMILES string of the molecule is CC[n+]1cc(C)cn2c3ccccc3nc21.[O-][Cl+3]([O-])([O-])[O-]. The number of halogens is 1. The van der Waals surface area contributed by atoms with E-state index < -0.39 is 10.2 Å². The van der Waals surface area contributed by atoms with E-state index in [4.69, 9.17) is 18.6 Å². The first-order valence-electron chi connectivity index (χ1n) is 6.18. The standard InChI is InChI=1S/C13H14N3.ClHO4/c1-3-15-8-10(2)9-16-12-7-5-4-6-11(12)14-13(15)16;2-1(3,4)5/h4-9H,3H2,1-2H3;(H,2,3,4,5)/q+1;/p-1. The van der Waals surface area contributed by atoms with E-state index in [1.54, 1.807) is 0 Å². The number of fused-ring (bicyclic) bond motifs is 3. The molecular formula is C13H14ClN3O4. The van der Waals surface area contributed by atoms with Crippen molar-refractivity contribution >= 4 is 16.8 Å². The number of imidazole rings is 1. The van der Waals surface area contributed by atoms with Crippen molar-refractivity contribution in [3.05, 3.63) is 42.2 Å². The lowest BCUT2D eigenvalue weighted by Crippen LogP contribution is -2.68. The third kappa shape index (κ3) is 3.87. The summed E-state index contributed by atoms with van der Waals surface area (Å²) < 4.78 is 38.3. The van der Waals surface area contributed by atoms with Gasteiger partial charge < -0.3 is 0 Å². The van der Waals surface area contributed by atoms with E-state index >= 15 is 0 Å². The highest BCUT2D eigenvalue weighted by Crippen LogP contribution is 2.14. The minimum absolute atomic E-state index is 0.939. The topological polar surface area (TPSA) is 113 Å². The number of hydrogen-bond donors (Lipinski definition) is 0. The van der Waals surface area contributed by atoms with E-state index in [1.165, 1.54) is 11.1 Å². The molecule has 0 amide bonds. The molecule has 1 aromatic carbocycles. The molecule has 0 aliphatic heterocycles. The van der Waals surface area contributed by atoms with Crippen molar-refractivity contribution in [1.82, 2.24) is 9.38 Å². The highest BCUT2D eigenvalue weighted by Gasteiger charge is 2.15. The Morgan fingerprint density at radius 1 is 1.19 bits per heavy atom. The quantitative estimate of drug-likeness (QED) is 0.455. The molecule has 0 aliphatic carbocycles. The summed E-state index contributed by atoms with van der Waals surface area (Å²) in [5.41, 5.74) is 3.47. The molecule has 112 valence electrons. The number of aromatic nitrogens is 3. The Hall–Kier alpha value is -1.77. The Kier molecular flexibility index (Phi) is 4.40. The van der Waals surface area contributed by atoms with Gasteiger partial charge >= 0.3 is 5.78 Å². The molecule has 3 rings (SSSR count). The molecule has 0 atom stereocenters. The summed E-state index contributed by atoms with van der Waals surface area (Å²) in [7, 11) is -4.94. The van der Waals surface area contributed by atoms with Crippen LogP contribution in [0.25, 0.3) is 16.8 Å². The molecule has 0 aliphatic rings. The van der Waals surface area contributed by atoms with Gasteiger partial charge in [0.05, 0.1) is 18.9 Å². The van der Waals surface area contributed by atoms with Crippen LogP contribution in [0.4, 0.5) is 0 Å². The largest absolute Gasteiger partial charge is 0.404 e. The van der Waals surface area contributed by atoms with Crippen LogP contribution < -0.4 is 23.2 Å². The van der Waals surface area contributed by atoms with Crippen molar-refractivity contribution in [1.29, 1.82) is 0 Å². The van der Waals surface area contributed by atoms with E-state index in [-0.39, 0.29) is 0 Å². The van der Waals surface area contributed by atoms with Crippen LogP contribution in [0.5, 0.6) is 0 Å². The zero-order chi connectivity index (χ0) is 15.6. The molecule has 2 aromatic heterocycles. The number of benzene rings is 1. The third-order valence-corrected chi connectivity index (χ3v) is 2.87. The van der Waals surface area contributed by atoms with Crippen molar-refractivity contribution in [2.45, 2.75) is 20.4 Å². The molecule has 0 saturated heterocycles. The Morgan fingerprint density at radius 3 is 2.43 bits per heavy atom. The summed E-state index contributed by atoms with van der Waals surface area (Å²) in [4.78, 5) is 4.65. The number of para-hydroxylation sites is 2. The van der Waals surface area contributed by atoms with Gasteiger partial charge in [0.25, 0.3) is 0 Å².